The Morgan fingerprint density at radius 3 is 2.60 bits per heavy atom. The smallest absolute Gasteiger partial charge is 0.209 e. The van der Waals surface area contributed by atoms with Crippen LogP contribution in [-0.4, -0.2) is 4.57 Å². The highest BCUT2D eigenvalue weighted by molar-refractivity contribution is 6.00. The number of para-hydroxylation sites is 1. The van der Waals surface area contributed by atoms with Crippen molar-refractivity contribution in [1.82, 2.24) is 4.57 Å². The second-order valence-corrected chi connectivity index (χ2v) is 4.92. The maximum Gasteiger partial charge on any atom is 0.209 e. The van der Waals surface area contributed by atoms with E-state index in [1.54, 1.807) is 0 Å². The van der Waals surface area contributed by atoms with Crippen LogP contribution < -0.4 is 5.73 Å². The van der Waals surface area contributed by atoms with Crippen molar-refractivity contribution < 1.29 is 4.42 Å². The Labute approximate surface area is 117 Å². The van der Waals surface area contributed by atoms with Crippen molar-refractivity contribution in [2.75, 3.05) is 5.73 Å². The zero-order valence-corrected chi connectivity index (χ0v) is 11.7. The van der Waals surface area contributed by atoms with E-state index in [4.69, 9.17) is 10.2 Å². The Morgan fingerprint density at radius 1 is 1.20 bits per heavy atom. The molecule has 2 N–H and O–H groups in total. The number of aryl methyl sites for hydroxylation is 2. The Hall–Kier alpha value is -2.67. The monoisotopic (exact) mass is 265 g/mol. The summed E-state index contributed by atoms with van der Waals surface area (Å²) < 4.78 is 7.57. The minimum absolute atomic E-state index is 0.187. The predicted octanol–water partition coefficient (Wildman–Crippen LogP) is 3.51. The van der Waals surface area contributed by atoms with Crippen molar-refractivity contribution in [2.45, 2.75) is 13.8 Å². The van der Waals surface area contributed by atoms with E-state index in [-0.39, 0.29) is 5.88 Å². The first-order valence-corrected chi connectivity index (χ1v) is 6.39. The van der Waals surface area contributed by atoms with E-state index in [2.05, 4.69) is 22.8 Å². The molecule has 0 fully saturated rings. The van der Waals surface area contributed by atoms with Gasteiger partial charge in [0.15, 0.2) is 0 Å². The molecule has 100 valence electrons. The van der Waals surface area contributed by atoms with E-state index in [0.29, 0.717) is 11.3 Å². The molecule has 0 bridgehead atoms. The van der Waals surface area contributed by atoms with Gasteiger partial charge in [0.05, 0.1) is 0 Å². The Balaban J connectivity index is 2.49. The van der Waals surface area contributed by atoms with Crippen LogP contribution in [0.3, 0.4) is 0 Å². The number of hydrogen-bond donors (Lipinski definition) is 1. The average Bonchev–Trinajstić information content (AvgIpc) is 2.85. The highest BCUT2D eigenvalue weighted by Crippen LogP contribution is 2.40. The molecule has 0 unspecified atom stereocenters. The molecule has 2 heterocycles. The molecular weight excluding hydrogens is 250 g/mol. The number of rotatable bonds is 1. The maximum absolute atomic E-state index is 9.35. The third-order valence-electron chi connectivity index (χ3n) is 3.87. The van der Waals surface area contributed by atoms with Gasteiger partial charge < -0.3 is 14.7 Å². The lowest BCUT2D eigenvalue weighted by molar-refractivity contribution is 0.554. The van der Waals surface area contributed by atoms with Gasteiger partial charge in [-0.3, -0.25) is 0 Å². The molecule has 3 rings (SSSR count). The van der Waals surface area contributed by atoms with E-state index >= 15 is 0 Å². The summed E-state index contributed by atoms with van der Waals surface area (Å²) in [5.74, 6) is 0.867. The summed E-state index contributed by atoms with van der Waals surface area (Å²) in [5, 5.41) is 10.5. The maximum atomic E-state index is 9.35. The van der Waals surface area contributed by atoms with Gasteiger partial charge in [-0.25, -0.2) is 0 Å². The lowest BCUT2D eigenvalue weighted by Gasteiger charge is -2.02. The molecule has 0 saturated carbocycles. The third-order valence-corrected chi connectivity index (χ3v) is 3.87. The van der Waals surface area contributed by atoms with Crippen LogP contribution in [0, 0.1) is 25.2 Å². The van der Waals surface area contributed by atoms with E-state index in [0.717, 1.165) is 27.7 Å². The minimum atomic E-state index is 0.187. The van der Waals surface area contributed by atoms with Crippen LogP contribution in [0.4, 0.5) is 5.88 Å². The number of nitrogens with two attached hydrogens (primary N) is 1. The molecule has 1 aromatic carbocycles. The summed E-state index contributed by atoms with van der Waals surface area (Å²) >= 11 is 0. The highest BCUT2D eigenvalue weighted by atomic mass is 16.4. The fourth-order valence-electron chi connectivity index (χ4n) is 2.81. The summed E-state index contributed by atoms with van der Waals surface area (Å²) in [5.41, 5.74) is 10.3. The number of hydrogen-bond acceptors (Lipinski definition) is 3. The van der Waals surface area contributed by atoms with Crippen molar-refractivity contribution in [3.63, 3.8) is 0 Å². The predicted molar refractivity (Wildman–Crippen MR) is 79.2 cm³/mol. The quantitative estimate of drug-likeness (QED) is 0.732. The lowest BCUT2D eigenvalue weighted by atomic mass is 9.99. The van der Waals surface area contributed by atoms with Gasteiger partial charge in [-0.05, 0) is 19.9 Å². The van der Waals surface area contributed by atoms with Crippen LogP contribution in [0.5, 0.6) is 0 Å². The number of aromatic nitrogens is 1. The van der Waals surface area contributed by atoms with Crippen LogP contribution in [0.2, 0.25) is 0 Å². The zero-order valence-electron chi connectivity index (χ0n) is 11.7. The first kappa shape index (κ1) is 12.4. The largest absolute Gasteiger partial charge is 0.444 e. The third kappa shape index (κ3) is 1.47. The van der Waals surface area contributed by atoms with Crippen molar-refractivity contribution in [2.24, 2.45) is 7.05 Å². The molecule has 4 heteroatoms. The van der Waals surface area contributed by atoms with E-state index in [1.807, 2.05) is 33.0 Å². The summed E-state index contributed by atoms with van der Waals surface area (Å²) in [6.07, 6.45) is 0. The normalized spacial score (nSPS) is 10.9. The van der Waals surface area contributed by atoms with Gasteiger partial charge in [-0.2, -0.15) is 5.26 Å². The standard InChI is InChI=1S/C16H15N3O/c1-9-14(11-6-4-5-7-13(11)19(9)3)15-10(2)20-16(18)12(15)8-17/h4-7H,18H2,1-3H3. The van der Waals surface area contributed by atoms with Gasteiger partial charge in [0, 0.05) is 34.8 Å². The van der Waals surface area contributed by atoms with Crippen LogP contribution in [0.25, 0.3) is 22.0 Å². The number of furan rings is 1. The van der Waals surface area contributed by atoms with Gasteiger partial charge in [-0.15, -0.1) is 0 Å². The first-order valence-electron chi connectivity index (χ1n) is 6.39. The molecule has 0 amide bonds. The molecule has 4 nitrogen and oxygen atoms in total. The molecule has 0 atom stereocenters. The summed E-state index contributed by atoms with van der Waals surface area (Å²) in [7, 11) is 2.02. The second kappa shape index (κ2) is 4.17. The average molecular weight is 265 g/mol. The number of nitrogens with zero attached hydrogens (tertiary/aromatic N) is 2. The fraction of sp³-hybridized carbons (Fsp3) is 0.188. The minimum Gasteiger partial charge on any atom is -0.444 e. The summed E-state index contributed by atoms with van der Waals surface area (Å²) in [6.45, 7) is 3.88. The SMILES string of the molecule is Cc1oc(N)c(C#N)c1-c1c(C)n(C)c2ccccc12. The van der Waals surface area contributed by atoms with Crippen LogP contribution in [-0.2, 0) is 7.05 Å². The number of nitrogen functional groups attached to an aromatic ring is 1. The molecule has 20 heavy (non-hydrogen) atoms. The van der Waals surface area contributed by atoms with E-state index in [9.17, 15) is 5.26 Å². The van der Waals surface area contributed by atoms with Crippen molar-refractivity contribution in [3.05, 3.63) is 41.3 Å². The number of fused-ring (bicyclic) bond motifs is 1. The van der Waals surface area contributed by atoms with Crippen LogP contribution in [0.1, 0.15) is 17.0 Å². The van der Waals surface area contributed by atoms with Crippen molar-refractivity contribution in [3.8, 4) is 17.2 Å². The Kier molecular flexibility index (Phi) is 2.58. The molecule has 0 saturated heterocycles. The first-order chi connectivity index (χ1) is 9.56. The van der Waals surface area contributed by atoms with Gasteiger partial charge in [0.2, 0.25) is 5.88 Å². The van der Waals surface area contributed by atoms with Crippen molar-refractivity contribution >= 4 is 16.8 Å². The van der Waals surface area contributed by atoms with Gasteiger partial charge in [0.1, 0.15) is 17.4 Å². The van der Waals surface area contributed by atoms with Crippen LogP contribution >= 0.6 is 0 Å². The van der Waals surface area contributed by atoms with Gasteiger partial charge >= 0.3 is 0 Å². The summed E-state index contributed by atoms with van der Waals surface area (Å²) in [6, 6.07) is 10.3. The number of anilines is 1. The molecule has 0 radical (unpaired) electrons. The highest BCUT2D eigenvalue weighted by Gasteiger charge is 2.23. The number of nitriles is 1. The molecule has 0 spiro atoms. The van der Waals surface area contributed by atoms with E-state index < -0.39 is 0 Å². The Morgan fingerprint density at radius 2 is 1.90 bits per heavy atom. The van der Waals surface area contributed by atoms with E-state index in [1.165, 1.54) is 0 Å². The zero-order chi connectivity index (χ0) is 14.4. The molecule has 0 aliphatic heterocycles. The lowest BCUT2D eigenvalue weighted by Crippen LogP contribution is -1.92. The molecule has 0 aliphatic carbocycles. The van der Waals surface area contributed by atoms with Crippen LogP contribution in [0.15, 0.2) is 28.7 Å². The molecule has 0 aliphatic rings. The fourth-order valence-corrected chi connectivity index (χ4v) is 2.81. The van der Waals surface area contributed by atoms with Crippen molar-refractivity contribution in [1.29, 1.82) is 5.26 Å². The Bertz CT molecular complexity index is 862. The number of benzene rings is 1. The van der Waals surface area contributed by atoms with Gasteiger partial charge in [-0.1, -0.05) is 18.2 Å². The topological polar surface area (TPSA) is 67.9 Å². The van der Waals surface area contributed by atoms with Gasteiger partial charge in [0.25, 0.3) is 0 Å². The summed E-state index contributed by atoms with van der Waals surface area (Å²) in [4.78, 5) is 0. The second-order valence-electron chi connectivity index (χ2n) is 4.92. The molecular formula is C16H15N3O. The molecule has 3 aromatic rings. The molecule has 2 aromatic heterocycles.